The molecule has 0 unspecified atom stereocenters. The summed E-state index contributed by atoms with van der Waals surface area (Å²) in [6.45, 7) is 1.78. The minimum absolute atomic E-state index is 0.00392. The largest absolute Gasteiger partial charge is 0.478 e. The lowest BCUT2D eigenvalue weighted by molar-refractivity contribution is -0.121. The van der Waals surface area contributed by atoms with Crippen LogP contribution in [0.25, 0.3) is 5.69 Å². The minimum Gasteiger partial charge on any atom is -0.478 e. The van der Waals surface area contributed by atoms with Gasteiger partial charge in [-0.1, -0.05) is 29.8 Å². The number of methoxy groups -OCH3 is 1. The predicted octanol–water partition coefficient (Wildman–Crippen LogP) is 4.94. The summed E-state index contributed by atoms with van der Waals surface area (Å²) in [5.41, 5.74) is 9.43. The van der Waals surface area contributed by atoms with Crippen molar-refractivity contribution in [1.82, 2.24) is 14.7 Å². The molecule has 2 amide bonds. The van der Waals surface area contributed by atoms with Crippen molar-refractivity contribution in [2.45, 2.75) is 31.4 Å². The highest BCUT2D eigenvalue weighted by Gasteiger charge is 2.39. The smallest absolute Gasteiger partial charge is 0.335 e. The van der Waals surface area contributed by atoms with Crippen molar-refractivity contribution in [2.24, 2.45) is 0 Å². The van der Waals surface area contributed by atoms with Gasteiger partial charge in [0.05, 0.1) is 22.9 Å². The Balaban J connectivity index is 1.37. The molecule has 4 N–H and O–H groups in total. The number of fused-ring (bicyclic) bond motifs is 1. The van der Waals surface area contributed by atoms with Crippen molar-refractivity contribution >= 4 is 46.6 Å². The summed E-state index contributed by atoms with van der Waals surface area (Å²) in [6, 6.07) is 14.8. The second-order valence-electron chi connectivity index (χ2n) is 11.2. The molecule has 2 aliphatic rings. The van der Waals surface area contributed by atoms with Crippen LogP contribution >= 0.6 is 11.6 Å². The zero-order chi connectivity index (χ0) is 32.5. The van der Waals surface area contributed by atoms with Crippen LogP contribution in [0.1, 0.15) is 50.7 Å². The first kappa shape index (κ1) is 31.1. The Morgan fingerprint density at radius 2 is 1.72 bits per heavy atom. The Morgan fingerprint density at radius 1 is 1.02 bits per heavy atom. The maximum absolute atomic E-state index is 14.8. The van der Waals surface area contributed by atoms with Crippen LogP contribution < -0.4 is 16.0 Å². The highest BCUT2D eigenvalue weighted by Crippen LogP contribution is 2.39. The van der Waals surface area contributed by atoms with E-state index in [9.17, 15) is 23.9 Å². The van der Waals surface area contributed by atoms with E-state index >= 15 is 0 Å². The molecule has 4 aromatic rings. The molecule has 46 heavy (non-hydrogen) atoms. The number of rotatable bonds is 7. The summed E-state index contributed by atoms with van der Waals surface area (Å²) in [6.07, 6.45) is 3.68. The first-order chi connectivity index (χ1) is 22.2. The van der Waals surface area contributed by atoms with Crippen LogP contribution in [-0.2, 0) is 16.0 Å². The summed E-state index contributed by atoms with van der Waals surface area (Å²) in [7, 11) is 1.72. The zero-order valence-electron chi connectivity index (χ0n) is 25.0. The van der Waals surface area contributed by atoms with E-state index in [2.05, 4.69) is 15.3 Å². The number of amides is 2. The SMILES string of the molecule is COC1CCN(c2cccc3c2CCN(C(=O)c2cnn(-c4cccc(Cl)c4F)c2N)[C@@H]3C(=O)Nc2ccc(C(=O)O)cc2)CC1. The van der Waals surface area contributed by atoms with Gasteiger partial charge in [-0.05, 0) is 72.9 Å². The van der Waals surface area contributed by atoms with Crippen LogP contribution in [0.2, 0.25) is 5.02 Å². The summed E-state index contributed by atoms with van der Waals surface area (Å²) < 4.78 is 21.5. The molecule has 11 nitrogen and oxygen atoms in total. The van der Waals surface area contributed by atoms with Gasteiger partial charge in [-0.25, -0.2) is 13.9 Å². The highest BCUT2D eigenvalue weighted by atomic mass is 35.5. The summed E-state index contributed by atoms with van der Waals surface area (Å²) >= 11 is 5.97. The standard InChI is InChI=1S/C33H32ClFN6O5/c1-46-21-12-15-39(16-13-21)26-6-2-4-23-22(26)14-17-40(29(23)31(42)38-20-10-8-19(9-11-20)33(44)45)32(43)24-18-37-41(30(24)36)27-7-3-5-25(34)28(27)35/h2-11,18,21,29H,12-17,36H2,1H3,(H,38,42)(H,44,45)/t29-/m0/s1. The van der Waals surface area contributed by atoms with Crippen molar-refractivity contribution in [3.63, 3.8) is 0 Å². The van der Waals surface area contributed by atoms with Gasteiger partial charge in [-0.15, -0.1) is 0 Å². The van der Waals surface area contributed by atoms with E-state index in [0.717, 1.165) is 41.9 Å². The Labute approximate surface area is 269 Å². The second-order valence-corrected chi connectivity index (χ2v) is 11.6. The monoisotopic (exact) mass is 646 g/mol. The molecular formula is C33H32ClFN6O5. The lowest BCUT2D eigenvalue weighted by Crippen LogP contribution is -2.46. The number of nitrogens with two attached hydrogens (primary N) is 1. The third-order valence-electron chi connectivity index (χ3n) is 8.62. The van der Waals surface area contributed by atoms with E-state index < -0.39 is 29.6 Å². The van der Waals surface area contributed by atoms with Gasteiger partial charge in [-0.3, -0.25) is 9.59 Å². The molecule has 1 fully saturated rings. The lowest BCUT2D eigenvalue weighted by Gasteiger charge is -2.40. The molecule has 1 atom stereocenters. The number of benzene rings is 3. The number of nitrogens with one attached hydrogen (secondary N) is 1. The molecule has 3 heterocycles. The molecular weight excluding hydrogens is 615 g/mol. The van der Waals surface area contributed by atoms with Crippen molar-refractivity contribution in [2.75, 3.05) is 42.7 Å². The number of carboxylic acid groups (broad SMARTS) is 1. The minimum atomic E-state index is -1.09. The normalized spacial score (nSPS) is 16.6. The van der Waals surface area contributed by atoms with Crippen LogP contribution in [0, 0.1) is 5.82 Å². The molecule has 0 radical (unpaired) electrons. The number of nitrogens with zero attached hydrogens (tertiary/aromatic N) is 4. The number of halogens is 2. The van der Waals surface area contributed by atoms with Gasteiger partial charge in [0.25, 0.3) is 11.8 Å². The quantitative estimate of drug-likeness (QED) is 0.256. The molecule has 0 spiro atoms. The fourth-order valence-electron chi connectivity index (χ4n) is 6.21. The average Bonchev–Trinajstić information content (AvgIpc) is 3.45. The Kier molecular flexibility index (Phi) is 8.65. The Morgan fingerprint density at radius 3 is 2.41 bits per heavy atom. The maximum atomic E-state index is 14.8. The number of carboxylic acids is 1. The molecule has 1 saturated heterocycles. The number of aromatic carboxylic acids is 1. The topological polar surface area (TPSA) is 143 Å². The van der Waals surface area contributed by atoms with Crippen molar-refractivity contribution in [3.05, 3.63) is 100.0 Å². The maximum Gasteiger partial charge on any atom is 0.335 e. The molecule has 0 bridgehead atoms. The van der Waals surface area contributed by atoms with Gasteiger partial charge in [0, 0.05) is 38.1 Å². The summed E-state index contributed by atoms with van der Waals surface area (Å²) in [4.78, 5) is 43.3. The van der Waals surface area contributed by atoms with Crippen molar-refractivity contribution in [1.29, 1.82) is 0 Å². The van der Waals surface area contributed by atoms with Gasteiger partial charge < -0.3 is 30.7 Å². The molecule has 2 aliphatic heterocycles. The van der Waals surface area contributed by atoms with Gasteiger partial charge in [-0.2, -0.15) is 5.10 Å². The number of hydrogen-bond acceptors (Lipinski definition) is 7. The molecule has 3 aromatic carbocycles. The van der Waals surface area contributed by atoms with Crippen molar-refractivity contribution in [3.8, 4) is 5.69 Å². The van der Waals surface area contributed by atoms with Crippen LogP contribution in [0.4, 0.5) is 21.6 Å². The molecule has 0 saturated carbocycles. The highest BCUT2D eigenvalue weighted by molar-refractivity contribution is 6.30. The zero-order valence-corrected chi connectivity index (χ0v) is 25.7. The first-order valence-electron chi connectivity index (χ1n) is 14.8. The molecule has 13 heteroatoms. The fraction of sp³-hybridized carbons (Fsp3) is 0.273. The number of hydrogen-bond donors (Lipinski definition) is 3. The fourth-order valence-corrected chi connectivity index (χ4v) is 6.38. The number of carbonyl (C=O) groups excluding carboxylic acids is 2. The van der Waals surface area contributed by atoms with E-state index in [0.29, 0.717) is 17.7 Å². The Hall–Kier alpha value is -4.94. The number of anilines is 3. The van der Waals surface area contributed by atoms with Crippen LogP contribution in [0.15, 0.2) is 66.9 Å². The van der Waals surface area contributed by atoms with Gasteiger partial charge >= 0.3 is 5.97 Å². The van der Waals surface area contributed by atoms with Gasteiger partial charge in [0.2, 0.25) is 0 Å². The predicted molar refractivity (Wildman–Crippen MR) is 171 cm³/mol. The van der Waals surface area contributed by atoms with Crippen LogP contribution in [0.5, 0.6) is 0 Å². The van der Waals surface area contributed by atoms with E-state index in [1.54, 1.807) is 13.2 Å². The number of aromatic nitrogens is 2. The summed E-state index contributed by atoms with van der Waals surface area (Å²) in [5.74, 6) is -2.97. The van der Waals surface area contributed by atoms with E-state index in [1.807, 2.05) is 18.2 Å². The average molecular weight is 647 g/mol. The van der Waals surface area contributed by atoms with Crippen LogP contribution in [0.3, 0.4) is 0 Å². The first-order valence-corrected chi connectivity index (χ1v) is 15.2. The van der Waals surface area contributed by atoms with Crippen molar-refractivity contribution < 1.29 is 28.6 Å². The summed E-state index contributed by atoms with van der Waals surface area (Å²) in [5, 5.41) is 16.2. The van der Waals surface area contributed by atoms with Crippen LogP contribution in [-0.4, -0.2) is 70.4 Å². The molecule has 0 aliphatic carbocycles. The van der Waals surface area contributed by atoms with E-state index in [-0.39, 0.29) is 40.3 Å². The second kappa shape index (κ2) is 12.8. The number of ether oxygens (including phenoxy) is 1. The lowest BCUT2D eigenvalue weighted by atomic mass is 9.89. The molecule has 1 aromatic heterocycles. The molecule has 238 valence electrons. The van der Waals surface area contributed by atoms with Gasteiger partial charge in [0.1, 0.15) is 23.1 Å². The number of nitrogen functional groups attached to an aromatic ring is 1. The number of carbonyl (C=O) groups is 3. The van der Waals surface area contributed by atoms with E-state index in [4.69, 9.17) is 22.1 Å². The Bertz CT molecular complexity index is 1800. The third kappa shape index (κ3) is 5.77. The van der Waals surface area contributed by atoms with Gasteiger partial charge in [0.15, 0.2) is 5.82 Å². The number of piperidine rings is 1. The third-order valence-corrected chi connectivity index (χ3v) is 8.91. The van der Waals surface area contributed by atoms with E-state index in [1.165, 1.54) is 47.5 Å². The molecule has 6 rings (SSSR count).